The lowest BCUT2D eigenvalue weighted by molar-refractivity contribution is -0.143. The fourth-order valence-corrected chi connectivity index (χ4v) is 6.46. The zero-order chi connectivity index (χ0) is 28.1. The van der Waals surface area contributed by atoms with Crippen molar-refractivity contribution in [3.05, 3.63) is 68.6 Å². The van der Waals surface area contributed by atoms with Crippen LogP contribution in [0.15, 0.2) is 41.9 Å². The minimum atomic E-state index is -4.71. The van der Waals surface area contributed by atoms with Crippen LogP contribution in [0.4, 0.5) is 13.2 Å². The highest BCUT2D eigenvalue weighted by Crippen LogP contribution is 2.37. The van der Waals surface area contributed by atoms with E-state index >= 15 is 0 Å². The summed E-state index contributed by atoms with van der Waals surface area (Å²) >= 11 is 7.93. The van der Waals surface area contributed by atoms with E-state index in [1.807, 2.05) is 18.4 Å². The molecule has 1 aliphatic rings. The van der Waals surface area contributed by atoms with E-state index in [4.69, 9.17) is 16.3 Å². The minimum Gasteiger partial charge on any atom is -0.497 e. The maximum absolute atomic E-state index is 14.3. The Morgan fingerprint density at radius 2 is 1.92 bits per heavy atom. The topological polar surface area (TPSA) is 63.0 Å². The van der Waals surface area contributed by atoms with Gasteiger partial charge in [0.05, 0.1) is 24.0 Å². The number of carbonyl (C=O) groups excluding carboxylic acids is 1. The molecule has 4 aromatic rings. The molecule has 1 fully saturated rings. The molecule has 0 N–H and O–H groups in total. The molecule has 3 aromatic heterocycles. The lowest BCUT2D eigenvalue weighted by atomic mass is 10.0. The maximum atomic E-state index is 14.3. The van der Waals surface area contributed by atoms with Crippen molar-refractivity contribution < 1.29 is 22.7 Å². The highest BCUT2D eigenvalue weighted by Gasteiger charge is 2.39. The molecule has 0 saturated carbocycles. The standard InChI is InChI=1S/C27H27ClF3N5O2S/c1-15-14-34(17(3)23-21(28)9-12-39-23)10-11-35(15)26(37)20-13-32-36-24(27(29,30)31)16(2)22(33-25(20)36)18-5-7-19(38-4)8-6-18/h5-9,12-13,15,17H,10-11,14H2,1-4H3/t15-,17?/m1/s1. The summed E-state index contributed by atoms with van der Waals surface area (Å²) in [6.07, 6.45) is -3.53. The summed E-state index contributed by atoms with van der Waals surface area (Å²) in [6, 6.07) is 8.37. The average molecular weight is 578 g/mol. The van der Waals surface area contributed by atoms with E-state index in [1.165, 1.54) is 20.2 Å². The van der Waals surface area contributed by atoms with Crippen molar-refractivity contribution in [2.75, 3.05) is 26.7 Å². The van der Waals surface area contributed by atoms with Crippen molar-refractivity contribution in [3.63, 3.8) is 0 Å². The largest absolute Gasteiger partial charge is 0.497 e. The van der Waals surface area contributed by atoms with Gasteiger partial charge >= 0.3 is 6.18 Å². The van der Waals surface area contributed by atoms with Crippen molar-refractivity contribution in [1.82, 2.24) is 24.4 Å². The number of fused-ring (bicyclic) bond motifs is 1. The molecule has 1 unspecified atom stereocenters. The van der Waals surface area contributed by atoms with Crippen molar-refractivity contribution in [1.29, 1.82) is 0 Å². The van der Waals surface area contributed by atoms with Crippen LogP contribution in [0.2, 0.25) is 5.02 Å². The number of carbonyl (C=O) groups is 1. The Morgan fingerprint density at radius 3 is 2.51 bits per heavy atom. The molecule has 39 heavy (non-hydrogen) atoms. The van der Waals surface area contributed by atoms with Crippen LogP contribution in [0, 0.1) is 6.92 Å². The maximum Gasteiger partial charge on any atom is 0.433 e. The number of thiophene rings is 1. The highest BCUT2D eigenvalue weighted by atomic mass is 35.5. The average Bonchev–Trinajstić information content (AvgIpc) is 3.52. The van der Waals surface area contributed by atoms with Gasteiger partial charge in [0.25, 0.3) is 5.91 Å². The summed E-state index contributed by atoms with van der Waals surface area (Å²) in [6.45, 7) is 6.98. The van der Waals surface area contributed by atoms with Gasteiger partial charge in [0.15, 0.2) is 11.3 Å². The fraction of sp³-hybridized carbons (Fsp3) is 0.370. The molecule has 5 rings (SSSR count). The zero-order valence-corrected chi connectivity index (χ0v) is 23.4. The molecule has 0 spiro atoms. The van der Waals surface area contributed by atoms with Gasteiger partial charge in [-0.25, -0.2) is 9.50 Å². The van der Waals surface area contributed by atoms with Crippen LogP contribution >= 0.6 is 22.9 Å². The second kappa shape index (κ2) is 10.4. The Morgan fingerprint density at radius 1 is 1.21 bits per heavy atom. The molecule has 12 heteroatoms. The van der Waals surface area contributed by atoms with Gasteiger partial charge in [-0.2, -0.15) is 18.3 Å². The molecule has 4 heterocycles. The fourth-order valence-electron chi connectivity index (χ4n) is 5.15. The Labute approximate surface area is 232 Å². The smallest absolute Gasteiger partial charge is 0.433 e. The number of hydrogen-bond donors (Lipinski definition) is 0. The lowest BCUT2D eigenvalue weighted by Crippen LogP contribution is -2.54. The molecular weight excluding hydrogens is 551 g/mol. The summed E-state index contributed by atoms with van der Waals surface area (Å²) in [5, 5.41) is 6.65. The van der Waals surface area contributed by atoms with Crippen LogP contribution in [0.1, 0.15) is 46.4 Å². The summed E-state index contributed by atoms with van der Waals surface area (Å²) in [5.41, 5.74) is -0.528. The van der Waals surface area contributed by atoms with Gasteiger partial charge < -0.3 is 9.64 Å². The normalized spacial score (nSPS) is 17.5. The van der Waals surface area contributed by atoms with Crippen molar-refractivity contribution >= 4 is 34.5 Å². The SMILES string of the molecule is COc1ccc(-c2nc3c(C(=O)N4CCN(C(C)c5sccc5Cl)C[C@H]4C)cnn3c(C(F)(F)F)c2C)cc1. The summed E-state index contributed by atoms with van der Waals surface area (Å²) in [4.78, 5) is 23.3. The number of ether oxygens (including phenoxy) is 1. The molecule has 0 radical (unpaired) electrons. The molecule has 1 amide bonds. The molecular formula is C27H27ClF3N5O2S. The van der Waals surface area contributed by atoms with Gasteiger partial charge in [-0.3, -0.25) is 9.69 Å². The van der Waals surface area contributed by atoms with Crippen LogP contribution in [-0.4, -0.2) is 63.1 Å². The Hall–Kier alpha value is -3.15. The summed E-state index contributed by atoms with van der Waals surface area (Å²) in [7, 11) is 1.51. The predicted molar refractivity (Wildman–Crippen MR) is 145 cm³/mol. The lowest BCUT2D eigenvalue weighted by Gasteiger charge is -2.42. The molecule has 7 nitrogen and oxygen atoms in total. The molecule has 0 bridgehead atoms. The van der Waals surface area contributed by atoms with Gasteiger partial charge in [-0.1, -0.05) is 11.6 Å². The van der Waals surface area contributed by atoms with Gasteiger partial charge in [0, 0.05) is 47.7 Å². The van der Waals surface area contributed by atoms with E-state index in [0.717, 1.165) is 14.4 Å². The first-order valence-electron chi connectivity index (χ1n) is 12.4. The molecule has 206 valence electrons. The Bertz CT molecular complexity index is 1520. The van der Waals surface area contributed by atoms with Gasteiger partial charge in [-0.05, 0) is 56.5 Å². The van der Waals surface area contributed by atoms with Gasteiger partial charge in [0.1, 0.15) is 11.3 Å². The van der Waals surface area contributed by atoms with Crippen LogP contribution in [0.3, 0.4) is 0 Å². The third-order valence-corrected chi connectivity index (χ3v) is 8.77. The summed E-state index contributed by atoms with van der Waals surface area (Å²) < 4.78 is 48.7. The monoisotopic (exact) mass is 577 g/mol. The molecule has 1 aliphatic heterocycles. The minimum absolute atomic E-state index is 0.0323. The number of methoxy groups -OCH3 is 1. The molecule has 0 aliphatic carbocycles. The molecule has 2 atom stereocenters. The number of aromatic nitrogens is 3. The van der Waals surface area contributed by atoms with E-state index in [-0.39, 0.29) is 34.6 Å². The molecule has 1 aromatic carbocycles. The summed E-state index contributed by atoms with van der Waals surface area (Å²) in [5.74, 6) is 0.168. The Kier molecular flexibility index (Phi) is 7.34. The van der Waals surface area contributed by atoms with E-state index < -0.39 is 17.8 Å². The van der Waals surface area contributed by atoms with Crippen LogP contribution in [-0.2, 0) is 6.18 Å². The number of hydrogen-bond acceptors (Lipinski definition) is 6. The number of rotatable bonds is 5. The van der Waals surface area contributed by atoms with E-state index in [1.54, 1.807) is 40.5 Å². The zero-order valence-electron chi connectivity index (χ0n) is 21.8. The number of benzene rings is 1. The first-order valence-corrected chi connectivity index (χ1v) is 13.6. The number of nitrogens with zero attached hydrogens (tertiary/aromatic N) is 5. The number of amides is 1. The number of halogens is 4. The third kappa shape index (κ3) is 4.99. The van der Waals surface area contributed by atoms with Crippen LogP contribution in [0.25, 0.3) is 16.9 Å². The first-order chi connectivity index (χ1) is 18.5. The molecule has 1 saturated heterocycles. The third-order valence-electron chi connectivity index (χ3n) is 7.24. The van der Waals surface area contributed by atoms with E-state index in [2.05, 4.69) is 21.9 Å². The Balaban J connectivity index is 1.50. The first kappa shape index (κ1) is 27.4. The quantitative estimate of drug-likeness (QED) is 0.276. The van der Waals surface area contributed by atoms with Gasteiger partial charge in [0.2, 0.25) is 0 Å². The number of piperazine rings is 1. The van der Waals surface area contributed by atoms with Crippen LogP contribution < -0.4 is 4.74 Å². The highest BCUT2D eigenvalue weighted by molar-refractivity contribution is 7.10. The van der Waals surface area contributed by atoms with Gasteiger partial charge in [-0.15, -0.1) is 11.3 Å². The number of alkyl halides is 3. The van der Waals surface area contributed by atoms with Crippen molar-refractivity contribution in [2.45, 2.75) is 39.0 Å². The van der Waals surface area contributed by atoms with Crippen molar-refractivity contribution in [3.8, 4) is 17.0 Å². The second-order valence-corrected chi connectivity index (χ2v) is 11.0. The predicted octanol–water partition coefficient (Wildman–Crippen LogP) is 6.35. The second-order valence-electron chi connectivity index (χ2n) is 9.61. The van der Waals surface area contributed by atoms with Crippen LogP contribution in [0.5, 0.6) is 5.75 Å². The van der Waals surface area contributed by atoms with E-state index in [9.17, 15) is 18.0 Å². The van der Waals surface area contributed by atoms with E-state index in [0.29, 0.717) is 30.9 Å². The van der Waals surface area contributed by atoms with Crippen molar-refractivity contribution in [2.24, 2.45) is 0 Å².